The van der Waals surface area contributed by atoms with Gasteiger partial charge in [-0.1, -0.05) is 6.07 Å². The first-order chi connectivity index (χ1) is 9.08. The molecular weight excluding hydrogens is 246 g/mol. The van der Waals surface area contributed by atoms with E-state index in [9.17, 15) is 4.79 Å². The summed E-state index contributed by atoms with van der Waals surface area (Å²) in [7, 11) is 1.92. The van der Waals surface area contributed by atoms with E-state index < -0.39 is 5.97 Å². The van der Waals surface area contributed by atoms with Gasteiger partial charge in [0.1, 0.15) is 13.2 Å². The van der Waals surface area contributed by atoms with Gasteiger partial charge in [-0.25, -0.2) is 0 Å². The fourth-order valence-corrected chi connectivity index (χ4v) is 2.04. The topological polar surface area (TPSA) is 59.0 Å². The molecule has 0 saturated carbocycles. The van der Waals surface area contributed by atoms with Crippen molar-refractivity contribution in [2.75, 3.05) is 26.8 Å². The van der Waals surface area contributed by atoms with Crippen LogP contribution in [0, 0.1) is 0 Å². The van der Waals surface area contributed by atoms with Crippen LogP contribution in [-0.4, -0.2) is 42.8 Å². The van der Waals surface area contributed by atoms with Gasteiger partial charge in [-0.2, -0.15) is 0 Å². The fourth-order valence-electron chi connectivity index (χ4n) is 2.04. The minimum Gasteiger partial charge on any atom is -0.486 e. The summed E-state index contributed by atoms with van der Waals surface area (Å²) in [4.78, 5) is 12.6. The molecule has 0 saturated heterocycles. The van der Waals surface area contributed by atoms with Gasteiger partial charge in [-0.3, -0.25) is 9.69 Å². The number of nitrogens with zero attached hydrogens (tertiary/aromatic N) is 1. The Bertz CT molecular complexity index is 461. The normalized spacial score (nSPS) is 15.3. The minimum absolute atomic E-state index is 0.134. The number of carbonyl (C=O) groups is 1. The maximum absolute atomic E-state index is 10.6. The molecule has 1 N–H and O–H groups in total. The quantitative estimate of drug-likeness (QED) is 0.881. The number of rotatable bonds is 5. The summed E-state index contributed by atoms with van der Waals surface area (Å²) in [5, 5.41) is 8.71. The van der Waals surface area contributed by atoms with Crippen LogP contribution in [0.5, 0.6) is 11.5 Å². The van der Waals surface area contributed by atoms with E-state index in [4.69, 9.17) is 14.6 Å². The zero-order valence-corrected chi connectivity index (χ0v) is 11.3. The Morgan fingerprint density at radius 3 is 2.74 bits per heavy atom. The van der Waals surface area contributed by atoms with Crippen LogP contribution < -0.4 is 9.47 Å². The number of carboxylic acid groups (broad SMARTS) is 1. The zero-order chi connectivity index (χ0) is 13.8. The standard InChI is InChI=1S/C14H19NO4/c1-10(15(2)6-5-14(16)17)11-3-4-12-13(9-11)19-8-7-18-12/h3-4,9-10H,5-8H2,1-2H3,(H,16,17). The number of hydrogen-bond acceptors (Lipinski definition) is 4. The van der Waals surface area contributed by atoms with Crippen LogP contribution in [0.3, 0.4) is 0 Å². The molecule has 1 aliphatic heterocycles. The molecule has 19 heavy (non-hydrogen) atoms. The number of fused-ring (bicyclic) bond motifs is 1. The van der Waals surface area contributed by atoms with Gasteiger partial charge in [-0.15, -0.1) is 0 Å². The second-order valence-corrected chi connectivity index (χ2v) is 4.70. The molecule has 1 unspecified atom stereocenters. The second kappa shape index (κ2) is 5.93. The molecule has 1 atom stereocenters. The molecular formula is C14H19NO4. The zero-order valence-electron chi connectivity index (χ0n) is 11.3. The Morgan fingerprint density at radius 1 is 1.37 bits per heavy atom. The van der Waals surface area contributed by atoms with Crippen LogP contribution in [0.25, 0.3) is 0 Å². The van der Waals surface area contributed by atoms with Gasteiger partial charge in [0, 0.05) is 12.6 Å². The third-order valence-corrected chi connectivity index (χ3v) is 3.39. The van der Waals surface area contributed by atoms with Crippen LogP contribution in [0.2, 0.25) is 0 Å². The van der Waals surface area contributed by atoms with E-state index in [1.807, 2.05) is 37.1 Å². The number of ether oxygens (including phenoxy) is 2. The highest BCUT2D eigenvalue weighted by Crippen LogP contribution is 2.33. The molecule has 0 aliphatic carbocycles. The molecule has 0 spiro atoms. The summed E-state index contributed by atoms with van der Waals surface area (Å²) in [5.41, 5.74) is 1.09. The lowest BCUT2D eigenvalue weighted by Gasteiger charge is -2.26. The Hall–Kier alpha value is -1.75. The van der Waals surface area contributed by atoms with Crippen molar-refractivity contribution in [1.29, 1.82) is 0 Å². The van der Waals surface area contributed by atoms with E-state index in [2.05, 4.69) is 0 Å². The maximum Gasteiger partial charge on any atom is 0.304 e. The van der Waals surface area contributed by atoms with Crippen molar-refractivity contribution in [3.8, 4) is 11.5 Å². The van der Waals surface area contributed by atoms with Crippen LogP contribution in [0.15, 0.2) is 18.2 Å². The number of carboxylic acids is 1. The lowest BCUT2D eigenvalue weighted by molar-refractivity contribution is -0.137. The van der Waals surface area contributed by atoms with E-state index in [0.29, 0.717) is 19.8 Å². The first-order valence-electron chi connectivity index (χ1n) is 6.39. The Morgan fingerprint density at radius 2 is 2.05 bits per heavy atom. The molecule has 1 aromatic rings. The largest absolute Gasteiger partial charge is 0.486 e. The number of benzene rings is 1. The van der Waals surface area contributed by atoms with E-state index in [0.717, 1.165) is 17.1 Å². The molecule has 1 heterocycles. The first-order valence-corrected chi connectivity index (χ1v) is 6.39. The van der Waals surface area contributed by atoms with E-state index in [1.54, 1.807) is 0 Å². The third-order valence-electron chi connectivity index (χ3n) is 3.39. The molecule has 1 aromatic carbocycles. The molecule has 5 heteroatoms. The highest BCUT2D eigenvalue weighted by Gasteiger charge is 2.17. The summed E-state index contributed by atoms with van der Waals surface area (Å²) in [6.45, 7) is 3.72. The molecule has 2 rings (SSSR count). The minimum atomic E-state index is -0.777. The molecule has 0 bridgehead atoms. The molecule has 1 aliphatic rings. The summed E-state index contributed by atoms with van der Waals surface area (Å²) in [6.07, 6.45) is 0.144. The lowest BCUT2D eigenvalue weighted by Crippen LogP contribution is -2.25. The Kier molecular flexibility index (Phi) is 4.27. The molecule has 0 amide bonds. The number of hydrogen-bond donors (Lipinski definition) is 1. The highest BCUT2D eigenvalue weighted by molar-refractivity contribution is 5.66. The van der Waals surface area contributed by atoms with Crippen molar-refractivity contribution in [3.05, 3.63) is 23.8 Å². The van der Waals surface area contributed by atoms with Gasteiger partial charge in [-0.05, 0) is 31.7 Å². The Balaban J connectivity index is 2.06. The van der Waals surface area contributed by atoms with Gasteiger partial charge in [0.15, 0.2) is 11.5 Å². The molecule has 104 valence electrons. The van der Waals surface area contributed by atoms with E-state index in [-0.39, 0.29) is 12.5 Å². The third kappa shape index (κ3) is 3.38. The van der Waals surface area contributed by atoms with Crippen molar-refractivity contribution < 1.29 is 19.4 Å². The Labute approximate surface area is 112 Å². The second-order valence-electron chi connectivity index (χ2n) is 4.70. The summed E-state index contributed by atoms with van der Waals surface area (Å²) in [5.74, 6) is 0.763. The fraction of sp³-hybridized carbons (Fsp3) is 0.500. The summed E-state index contributed by atoms with van der Waals surface area (Å²) < 4.78 is 11.0. The van der Waals surface area contributed by atoms with Gasteiger partial charge in [0.05, 0.1) is 6.42 Å². The van der Waals surface area contributed by atoms with Crippen molar-refractivity contribution in [1.82, 2.24) is 4.90 Å². The highest BCUT2D eigenvalue weighted by atomic mass is 16.6. The number of aliphatic carboxylic acids is 1. The molecule has 0 radical (unpaired) electrons. The SMILES string of the molecule is CC(c1ccc2c(c1)OCCO2)N(C)CCC(=O)O. The summed E-state index contributed by atoms with van der Waals surface area (Å²) >= 11 is 0. The van der Waals surface area contributed by atoms with Crippen LogP contribution >= 0.6 is 0 Å². The van der Waals surface area contributed by atoms with Crippen molar-refractivity contribution in [2.45, 2.75) is 19.4 Å². The van der Waals surface area contributed by atoms with Crippen molar-refractivity contribution in [3.63, 3.8) is 0 Å². The molecule has 0 aromatic heterocycles. The average molecular weight is 265 g/mol. The van der Waals surface area contributed by atoms with Crippen molar-refractivity contribution >= 4 is 5.97 Å². The van der Waals surface area contributed by atoms with Crippen LogP contribution in [0.4, 0.5) is 0 Å². The van der Waals surface area contributed by atoms with Gasteiger partial charge in [0.25, 0.3) is 0 Å². The van der Waals surface area contributed by atoms with Gasteiger partial charge in [0.2, 0.25) is 0 Å². The van der Waals surface area contributed by atoms with E-state index >= 15 is 0 Å². The van der Waals surface area contributed by atoms with Crippen LogP contribution in [0.1, 0.15) is 24.9 Å². The lowest BCUT2D eigenvalue weighted by atomic mass is 10.1. The molecule has 0 fully saturated rings. The van der Waals surface area contributed by atoms with E-state index in [1.165, 1.54) is 0 Å². The van der Waals surface area contributed by atoms with Crippen molar-refractivity contribution in [2.24, 2.45) is 0 Å². The van der Waals surface area contributed by atoms with Gasteiger partial charge < -0.3 is 14.6 Å². The predicted molar refractivity (Wildman–Crippen MR) is 70.7 cm³/mol. The average Bonchev–Trinajstić information content (AvgIpc) is 2.43. The smallest absolute Gasteiger partial charge is 0.304 e. The van der Waals surface area contributed by atoms with Crippen LogP contribution in [-0.2, 0) is 4.79 Å². The van der Waals surface area contributed by atoms with Gasteiger partial charge >= 0.3 is 5.97 Å². The monoisotopic (exact) mass is 265 g/mol. The first kappa shape index (κ1) is 13.7. The predicted octanol–water partition coefficient (Wildman–Crippen LogP) is 1.93. The maximum atomic E-state index is 10.6. The summed E-state index contributed by atoms with van der Waals surface area (Å²) in [6, 6.07) is 6.01. The molecule has 5 nitrogen and oxygen atoms in total.